The minimum atomic E-state index is -0.109. The number of rotatable bonds is 6. The molecule has 6 rings (SSSR count). The zero-order valence-corrected chi connectivity index (χ0v) is 20.2. The third-order valence-electron chi connectivity index (χ3n) is 6.86. The van der Waals surface area contributed by atoms with Crippen LogP contribution >= 0.6 is 0 Å². The molecule has 0 radical (unpaired) electrons. The highest BCUT2D eigenvalue weighted by Crippen LogP contribution is 2.38. The van der Waals surface area contributed by atoms with Gasteiger partial charge in [0, 0.05) is 13.1 Å². The Morgan fingerprint density at radius 2 is 1.00 bits per heavy atom. The Labute approximate surface area is 208 Å². The number of fused-ring (bicyclic) bond motifs is 2. The molecule has 0 saturated carbocycles. The standard InChI is InChI=1S/C29H28B2N2O2/c1-22-14-16-28-26(20-22)32(30(34-28)24-10-5-3-6-11-24)18-9-19-33-27-21-23(2)15-17-29(27)35-31(33)25-12-7-4-8-13-25/h3-8,10-17,20-21H,9,18-19H2,1-2H3. The van der Waals surface area contributed by atoms with Crippen LogP contribution in [0.15, 0.2) is 97.1 Å². The first-order valence-corrected chi connectivity index (χ1v) is 12.4. The topological polar surface area (TPSA) is 24.9 Å². The van der Waals surface area contributed by atoms with Crippen molar-refractivity contribution >= 4 is 36.4 Å². The van der Waals surface area contributed by atoms with Gasteiger partial charge in [-0.3, -0.25) is 0 Å². The van der Waals surface area contributed by atoms with Crippen molar-refractivity contribution in [1.82, 2.24) is 0 Å². The SMILES string of the molecule is Cc1ccc2c(c1)N(CCCN1B(c3ccccc3)Oc3ccc(C)cc31)B(c1ccccc1)O2. The molecule has 0 aromatic heterocycles. The number of anilines is 2. The summed E-state index contributed by atoms with van der Waals surface area (Å²) in [4.78, 5) is 4.81. The molecule has 0 unspecified atom stereocenters. The van der Waals surface area contributed by atoms with Crippen molar-refractivity contribution in [2.24, 2.45) is 0 Å². The van der Waals surface area contributed by atoms with Gasteiger partial charge in [-0.2, -0.15) is 0 Å². The molecule has 172 valence electrons. The van der Waals surface area contributed by atoms with Gasteiger partial charge in [0.15, 0.2) is 0 Å². The van der Waals surface area contributed by atoms with E-state index >= 15 is 0 Å². The van der Waals surface area contributed by atoms with Crippen molar-refractivity contribution in [1.29, 1.82) is 0 Å². The van der Waals surface area contributed by atoms with Crippen LogP contribution < -0.4 is 29.9 Å². The molecule has 0 fully saturated rings. The molecule has 35 heavy (non-hydrogen) atoms. The van der Waals surface area contributed by atoms with Gasteiger partial charge < -0.3 is 18.9 Å². The molecule has 0 N–H and O–H groups in total. The van der Waals surface area contributed by atoms with E-state index in [1.807, 2.05) is 0 Å². The first-order chi connectivity index (χ1) is 17.2. The van der Waals surface area contributed by atoms with Crippen molar-refractivity contribution in [3.63, 3.8) is 0 Å². The lowest BCUT2D eigenvalue weighted by Gasteiger charge is -2.26. The number of nitrogens with zero attached hydrogens (tertiary/aromatic N) is 2. The third-order valence-corrected chi connectivity index (χ3v) is 6.86. The van der Waals surface area contributed by atoms with Gasteiger partial charge in [-0.25, -0.2) is 0 Å². The molecular weight excluding hydrogens is 430 g/mol. The molecule has 6 heteroatoms. The molecule has 0 spiro atoms. The summed E-state index contributed by atoms with van der Waals surface area (Å²) in [5.41, 5.74) is 7.18. The Morgan fingerprint density at radius 3 is 1.43 bits per heavy atom. The Kier molecular flexibility index (Phi) is 5.65. The number of hydrogen-bond acceptors (Lipinski definition) is 4. The van der Waals surface area contributed by atoms with Crippen LogP contribution in [0.25, 0.3) is 0 Å². The smallest absolute Gasteiger partial charge is 0.519 e. The summed E-state index contributed by atoms with van der Waals surface area (Å²) in [5, 5.41) is 0. The van der Waals surface area contributed by atoms with E-state index in [2.05, 4.69) is 121 Å². The van der Waals surface area contributed by atoms with Crippen LogP contribution in [0.3, 0.4) is 0 Å². The van der Waals surface area contributed by atoms with E-state index < -0.39 is 0 Å². The fourth-order valence-corrected chi connectivity index (χ4v) is 5.14. The van der Waals surface area contributed by atoms with Crippen LogP contribution in [0.5, 0.6) is 11.5 Å². The van der Waals surface area contributed by atoms with Crippen molar-refractivity contribution < 1.29 is 9.31 Å². The van der Waals surface area contributed by atoms with Gasteiger partial charge in [0.1, 0.15) is 11.5 Å². The second-order valence-electron chi connectivity index (χ2n) is 9.44. The summed E-state index contributed by atoms with van der Waals surface area (Å²) in [5.74, 6) is 1.91. The first kappa shape index (κ1) is 21.7. The van der Waals surface area contributed by atoms with Crippen LogP contribution in [0, 0.1) is 13.8 Å². The zero-order chi connectivity index (χ0) is 23.8. The van der Waals surface area contributed by atoms with Gasteiger partial charge in [-0.05, 0) is 66.6 Å². The van der Waals surface area contributed by atoms with Crippen LogP contribution in [-0.4, -0.2) is 27.2 Å². The van der Waals surface area contributed by atoms with E-state index in [0.29, 0.717) is 0 Å². The average molecular weight is 458 g/mol. The van der Waals surface area contributed by atoms with Gasteiger partial charge >= 0.3 is 14.1 Å². The fraction of sp³-hybridized carbons (Fsp3) is 0.172. The molecular formula is C29H28B2N2O2. The molecule has 0 saturated heterocycles. The van der Waals surface area contributed by atoms with Crippen LogP contribution in [0.1, 0.15) is 17.5 Å². The Morgan fingerprint density at radius 1 is 0.571 bits per heavy atom. The van der Waals surface area contributed by atoms with Crippen LogP contribution in [0.2, 0.25) is 0 Å². The van der Waals surface area contributed by atoms with Gasteiger partial charge in [-0.15, -0.1) is 0 Å². The first-order valence-electron chi connectivity index (χ1n) is 12.4. The lowest BCUT2D eigenvalue weighted by atomic mass is 9.71. The van der Waals surface area contributed by atoms with E-state index in [4.69, 9.17) is 9.31 Å². The molecule has 0 atom stereocenters. The molecule has 4 nitrogen and oxygen atoms in total. The highest BCUT2D eigenvalue weighted by atomic mass is 16.5. The van der Waals surface area contributed by atoms with Gasteiger partial charge in [0.25, 0.3) is 0 Å². The van der Waals surface area contributed by atoms with E-state index in [9.17, 15) is 0 Å². The van der Waals surface area contributed by atoms with Crippen LogP contribution in [0.4, 0.5) is 11.4 Å². The molecule has 2 aliphatic heterocycles. The summed E-state index contributed by atoms with van der Waals surface area (Å²) in [6.45, 7) is 6.05. The highest BCUT2D eigenvalue weighted by Gasteiger charge is 2.40. The van der Waals surface area contributed by atoms with Crippen molar-refractivity contribution in [2.45, 2.75) is 20.3 Å². The number of benzene rings is 4. The largest absolute Gasteiger partial charge is 0.536 e. The fourth-order valence-electron chi connectivity index (χ4n) is 5.14. The third kappa shape index (κ3) is 4.14. The van der Waals surface area contributed by atoms with Crippen LogP contribution in [-0.2, 0) is 0 Å². The summed E-state index contributed by atoms with van der Waals surface area (Å²) in [6, 6.07) is 33.9. The van der Waals surface area contributed by atoms with Crippen molar-refractivity contribution in [3.05, 3.63) is 108 Å². The van der Waals surface area contributed by atoms with Crippen molar-refractivity contribution in [2.75, 3.05) is 22.7 Å². The lowest BCUT2D eigenvalue weighted by molar-refractivity contribution is 0.598. The Bertz CT molecular complexity index is 1230. The second kappa shape index (κ2) is 9.10. The average Bonchev–Trinajstić information content (AvgIpc) is 3.43. The summed E-state index contributed by atoms with van der Waals surface area (Å²) >= 11 is 0. The van der Waals surface area contributed by atoms with E-state index in [1.54, 1.807) is 0 Å². The van der Waals surface area contributed by atoms with E-state index in [0.717, 1.165) is 31.0 Å². The summed E-state index contributed by atoms with van der Waals surface area (Å²) in [6.07, 6.45) is 0.972. The molecule has 0 amide bonds. The normalized spacial score (nSPS) is 14.0. The maximum Gasteiger partial charge on any atom is 0.519 e. The minimum Gasteiger partial charge on any atom is -0.536 e. The molecule has 2 aliphatic rings. The molecule has 0 aliphatic carbocycles. The van der Waals surface area contributed by atoms with Gasteiger partial charge in [-0.1, -0.05) is 72.8 Å². The van der Waals surface area contributed by atoms with Crippen molar-refractivity contribution in [3.8, 4) is 11.5 Å². The lowest BCUT2D eigenvalue weighted by Crippen LogP contribution is -2.52. The maximum absolute atomic E-state index is 6.43. The Hall–Kier alpha value is -3.79. The minimum absolute atomic E-state index is 0.109. The predicted octanol–water partition coefficient (Wildman–Crippen LogP) is 4.58. The zero-order valence-electron chi connectivity index (χ0n) is 20.2. The second-order valence-corrected chi connectivity index (χ2v) is 9.44. The predicted molar refractivity (Wildman–Crippen MR) is 147 cm³/mol. The molecule has 0 bridgehead atoms. The number of hydrogen-bond donors (Lipinski definition) is 0. The quantitative estimate of drug-likeness (QED) is 0.395. The molecule has 4 aromatic rings. The molecule has 4 aromatic carbocycles. The highest BCUT2D eigenvalue weighted by molar-refractivity contribution is 6.73. The Balaban J connectivity index is 1.26. The maximum atomic E-state index is 6.43. The van der Waals surface area contributed by atoms with E-state index in [-0.39, 0.29) is 14.1 Å². The van der Waals surface area contributed by atoms with E-state index in [1.165, 1.54) is 33.4 Å². The van der Waals surface area contributed by atoms with Gasteiger partial charge in [0.2, 0.25) is 0 Å². The molecule has 2 heterocycles. The summed E-state index contributed by atoms with van der Waals surface area (Å²) < 4.78 is 12.9. The monoisotopic (exact) mass is 458 g/mol. The summed E-state index contributed by atoms with van der Waals surface area (Å²) in [7, 11) is -0.218. The van der Waals surface area contributed by atoms with Gasteiger partial charge in [0.05, 0.1) is 11.4 Å². The number of aryl methyl sites for hydroxylation is 2.